The lowest BCUT2D eigenvalue weighted by atomic mass is 10.1. The molecule has 27 heavy (non-hydrogen) atoms. The number of carbonyl (C=O) groups excluding carboxylic acids is 2. The highest BCUT2D eigenvalue weighted by Gasteiger charge is 2.13. The van der Waals surface area contributed by atoms with Gasteiger partial charge in [0, 0.05) is 30.2 Å². The molecule has 138 valence electrons. The van der Waals surface area contributed by atoms with E-state index < -0.39 is 11.6 Å². The second kappa shape index (κ2) is 7.90. The molecule has 7 heteroatoms. The van der Waals surface area contributed by atoms with Gasteiger partial charge >= 0.3 is 0 Å². The van der Waals surface area contributed by atoms with Gasteiger partial charge in [0.25, 0.3) is 0 Å². The molecular formula is C20H16F2N2O3. The van der Waals surface area contributed by atoms with Crippen molar-refractivity contribution >= 4 is 17.4 Å². The lowest BCUT2D eigenvalue weighted by molar-refractivity contribution is -0.116. The van der Waals surface area contributed by atoms with Crippen molar-refractivity contribution < 1.29 is 22.8 Å². The van der Waals surface area contributed by atoms with E-state index in [0.717, 1.165) is 12.1 Å². The number of nitrogens with zero attached hydrogens (tertiary/aromatic N) is 1. The fraction of sp³-hybridized carbons (Fsp3) is 0.150. The average Bonchev–Trinajstić information content (AvgIpc) is 3.09. The second-order valence-electron chi connectivity index (χ2n) is 5.93. The number of Topliss-reactive ketones (excluding diaryl/α,β-unsaturated/α-hetero) is 1. The van der Waals surface area contributed by atoms with Crippen LogP contribution in [0.2, 0.25) is 0 Å². The normalized spacial score (nSPS) is 10.6. The summed E-state index contributed by atoms with van der Waals surface area (Å²) in [6.07, 6.45) is 1.64. The molecule has 0 bridgehead atoms. The van der Waals surface area contributed by atoms with Crippen molar-refractivity contribution in [3.63, 3.8) is 0 Å². The number of hydrogen-bond acceptors (Lipinski definition) is 4. The highest BCUT2D eigenvalue weighted by molar-refractivity contribution is 5.97. The minimum absolute atomic E-state index is 0.0913. The average molecular weight is 370 g/mol. The molecule has 1 aromatic heterocycles. The summed E-state index contributed by atoms with van der Waals surface area (Å²) in [6.45, 7) is 1.45. The van der Waals surface area contributed by atoms with Gasteiger partial charge in [0.1, 0.15) is 11.6 Å². The van der Waals surface area contributed by atoms with E-state index in [2.05, 4.69) is 10.3 Å². The maximum atomic E-state index is 13.8. The number of anilines is 1. The van der Waals surface area contributed by atoms with Crippen LogP contribution in [0, 0.1) is 11.6 Å². The summed E-state index contributed by atoms with van der Waals surface area (Å²) in [7, 11) is 0. The number of amides is 1. The van der Waals surface area contributed by atoms with Gasteiger partial charge < -0.3 is 9.73 Å². The SMILES string of the molecule is CC(=O)c1cccc(NC(=O)CCc2ncc(-c3ccc(F)cc3F)o2)c1. The van der Waals surface area contributed by atoms with Gasteiger partial charge in [-0.3, -0.25) is 9.59 Å². The number of benzene rings is 2. The Hall–Kier alpha value is -3.35. The Morgan fingerprint density at radius 2 is 1.96 bits per heavy atom. The largest absolute Gasteiger partial charge is 0.441 e. The predicted molar refractivity (Wildman–Crippen MR) is 95.3 cm³/mol. The molecule has 1 N–H and O–H groups in total. The molecule has 2 aromatic carbocycles. The van der Waals surface area contributed by atoms with E-state index in [-0.39, 0.29) is 41.7 Å². The van der Waals surface area contributed by atoms with Crippen molar-refractivity contribution in [2.45, 2.75) is 19.8 Å². The van der Waals surface area contributed by atoms with Crippen LogP contribution in [0.15, 0.2) is 53.1 Å². The van der Waals surface area contributed by atoms with Crippen molar-refractivity contribution in [1.82, 2.24) is 4.98 Å². The van der Waals surface area contributed by atoms with Gasteiger partial charge in [-0.2, -0.15) is 0 Å². The number of carbonyl (C=O) groups is 2. The molecule has 0 aliphatic heterocycles. The summed E-state index contributed by atoms with van der Waals surface area (Å²) < 4.78 is 32.2. The third-order valence-corrected chi connectivity index (χ3v) is 3.87. The molecule has 3 rings (SSSR count). The standard InChI is InChI=1S/C20H16F2N2O3/c1-12(25)13-3-2-4-15(9-13)24-19(26)7-8-20-23-11-18(27-20)16-6-5-14(21)10-17(16)22/h2-6,9-11H,7-8H2,1H3,(H,24,26). The summed E-state index contributed by atoms with van der Waals surface area (Å²) in [5.41, 5.74) is 1.13. The van der Waals surface area contributed by atoms with E-state index in [0.29, 0.717) is 11.3 Å². The smallest absolute Gasteiger partial charge is 0.224 e. The lowest BCUT2D eigenvalue weighted by Gasteiger charge is -2.05. The quantitative estimate of drug-likeness (QED) is 0.653. The zero-order valence-electron chi connectivity index (χ0n) is 14.5. The van der Waals surface area contributed by atoms with E-state index in [1.54, 1.807) is 24.3 Å². The Balaban J connectivity index is 1.60. The summed E-state index contributed by atoms with van der Waals surface area (Å²) in [5, 5.41) is 2.70. The van der Waals surface area contributed by atoms with Gasteiger partial charge in [0.15, 0.2) is 17.4 Å². The highest BCUT2D eigenvalue weighted by Crippen LogP contribution is 2.24. The third kappa shape index (κ3) is 4.63. The summed E-state index contributed by atoms with van der Waals surface area (Å²) in [6, 6.07) is 9.80. The molecule has 0 radical (unpaired) electrons. The Morgan fingerprint density at radius 3 is 2.70 bits per heavy atom. The van der Waals surface area contributed by atoms with Crippen molar-refractivity contribution in [2.75, 3.05) is 5.32 Å². The molecule has 0 aliphatic rings. The fourth-order valence-electron chi connectivity index (χ4n) is 2.50. The van der Waals surface area contributed by atoms with E-state index in [1.807, 2.05) is 0 Å². The van der Waals surface area contributed by atoms with Crippen molar-refractivity contribution in [3.05, 3.63) is 71.8 Å². The van der Waals surface area contributed by atoms with Crippen LogP contribution in [-0.4, -0.2) is 16.7 Å². The van der Waals surface area contributed by atoms with E-state index in [4.69, 9.17) is 4.42 Å². The number of hydrogen-bond donors (Lipinski definition) is 1. The van der Waals surface area contributed by atoms with Gasteiger partial charge in [-0.1, -0.05) is 12.1 Å². The first-order valence-electron chi connectivity index (χ1n) is 8.23. The van der Waals surface area contributed by atoms with Crippen LogP contribution in [-0.2, 0) is 11.2 Å². The van der Waals surface area contributed by atoms with Gasteiger partial charge in [-0.05, 0) is 31.2 Å². The summed E-state index contributed by atoms with van der Waals surface area (Å²) in [5.74, 6) is -1.37. The van der Waals surface area contributed by atoms with Crippen molar-refractivity contribution in [1.29, 1.82) is 0 Å². The van der Waals surface area contributed by atoms with Crippen LogP contribution in [0.3, 0.4) is 0 Å². The monoisotopic (exact) mass is 370 g/mol. The van der Waals surface area contributed by atoms with E-state index in [9.17, 15) is 18.4 Å². The molecule has 5 nitrogen and oxygen atoms in total. The minimum Gasteiger partial charge on any atom is -0.441 e. The minimum atomic E-state index is -0.749. The molecular weight excluding hydrogens is 354 g/mol. The molecule has 0 spiro atoms. The van der Waals surface area contributed by atoms with Gasteiger partial charge in [-0.25, -0.2) is 13.8 Å². The van der Waals surface area contributed by atoms with Crippen LogP contribution in [0.25, 0.3) is 11.3 Å². The molecule has 1 amide bonds. The number of aromatic nitrogens is 1. The van der Waals surface area contributed by atoms with Crippen LogP contribution >= 0.6 is 0 Å². The third-order valence-electron chi connectivity index (χ3n) is 3.87. The molecule has 3 aromatic rings. The lowest BCUT2D eigenvalue weighted by Crippen LogP contribution is -2.12. The summed E-state index contributed by atoms with van der Waals surface area (Å²) >= 11 is 0. The van der Waals surface area contributed by atoms with Crippen molar-refractivity contribution in [2.24, 2.45) is 0 Å². The molecule has 0 saturated heterocycles. The Morgan fingerprint density at radius 1 is 1.15 bits per heavy atom. The number of rotatable bonds is 6. The van der Waals surface area contributed by atoms with Gasteiger partial charge in [-0.15, -0.1) is 0 Å². The van der Waals surface area contributed by atoms with Crippen LogP contribution in [0.1, 0.15) is 29.6 Å². The molecule has 1 heterocycles. The zero-order chi connectivity index (χ0) is 19.4. The van der Waals surface area contributed by atoms with Crippen LogP contribution in [0.5, 0.6) is 0 Å². The Bertz CT molecular complexity index is 998. The zero-order valence-corrected chi connectivity index (χ0v) is 14.5. The first kappa shape index (κ1) is 18.4. The van der Waals surface area contributed by atoms with Crippen LogP contribution < -0.4 is 5.32 Å². The van der Waals surface area contributed by atoms with Crippen molar-refractivity contribution in [3.8, 4) is 11.3 Å². The maximum Gasteiger partial charge on any atom is 0.224 e. The number of nitrogens with one attached hydrogen (secondary N) is 1. The fourth-order valence-corrected chi connectivity index (χ4v) is 2.50. The number of aryl methyl sites for hydroxylation is 1. The molecule has 0 aliphatic carbocycles. The molecule has 0 atom stereocenters. The molecule has 0 saturated carbocycles. The number of ketones is 1. The van der Waals surface area contributed by atoms with Gasteiger partial charge in [0.05, 0.1) is 11.8 Å². The Kier molecular flexibility index (Phi) is 5.40. The highest BCUT2D eigenvalue weighted by atomic mass is 19.1. The molecule has 0 unspecified atom stereocenters. The molecule has 0 fully saturated rings. The number of oxazole rings is 1. The first-order chi connectivity index (χ1) is 12.9. The van der Waals surface area contributed by atoms with Crippen LogP contribution in [0.4, 0.5) is 14.5 Å². The Labute approximate surface area is 154 Å². The van der Waals surface area contributed by atoms with Gasteiger partial charge in [0.2, 0.25) is 5.91 Å². The predicted octanol–water partition coefficient (Wildman–Crippen LogP) is 4.39. The first-order valence-corrected chi connectivity index (χ1v) is 8.23. The van der Waals surface area contributed by atoms with E-state index in [1.165, 1.54) is 19.2 Å². The number of halogens is 2. The second-order valence-corrected chi connectivity index (χ2v) is 5.93. The summed E-state index contributed by atoms with van der Waals surface area (Å²) in [4.78, 5) is 27.5. The van der Waals surface area contributed by atoms with E-state index >= 15 is 0 Å². The topological polar surface area (TPSA) is 72.2 Å². The maximum absolute atomic E-state index is 13.8.